The van der Waals surface area contributed by atoms with Crippen LogP contribution in [0.15, 0.2) is 48.5 Å². The number of rotatable bonds is 2. The van der Waals surface area contributed by atoms with Crippen molar-refractivity contribution >= 4 is 17.3 Å². The molecule has 1 aliphatic rings. The highest BCUT2D eigenvalue weighted by Crippen LogP contribution is 2.43. The molecule has 1 heterocycles. The van der Waals surface area contributed by atoms with Crippen LogP contribution in [0.25, 0.3) is 0 Å². The maximum Gasteiger partial charge on any atom is 0.145 e. The van der Waals surface area contributed by atoms with Crippen LogP contribution >= 0.6 is 11.6 Å². The van der Waals surface area contributed by atoms with Crippen molar-refractivity contribution in [1.29, 1.82) is 0 Å². The van der Waals surface area contributed by atoms with Crippen LogP contribution in [0, 0.1) is 0 Å². The van der Waals surface area contributed by atoms with Crippen molar-refractivity contribution < 1.29 is 9.94 Å². The highest BCUT2D eigenvalue weighted by molar-refractivity contribution is 6.30. The van der Waals surface area contributed by atoms with Gasteiger partial charge in [0.15, 0.2) is 0 Å². The van der Waals surface area contributed by atoms with E-state index in [0.717, 1.165) is 10.6 Å². The van der Waals surface area contributed by atoms with Crippen LogP contribution in [-0.2, 0) is 10.7 Å². The van der Waals surface area contributed by atoms with Gasteiger partial charge in [0, 0.05) is 5.02 Å². The number of hydrogen-bond donors (Lipinski definition) is 0. The van der Waals surface area contributed by atoms with Gasteiger partial charge < -0.3 is 4.74 Å². The number of fused-ring (bicyclic) bond motifs is 1. The van der Waals surface area contributed by atoms with E-state index in [1.54, 1.807) is 6.07 Å². The van der Waals surface area contributed by atoms with Crippen molar-refractivity contribution in [1.82, 2.24) is 0 Å². The Hall–Kier alpha value is -1.71. The van der Waals surface area contributed by atoms with Crippen LogP contribution < -0.4 is 9.80 Å². The predicted octanol–water partition coefficient (Wildman–Crippen LogP) is 4.19. The number of nitrogens with zero attached hydrogens (tertiary/aromatic N) is 1. The largest absolute Gasteiger partial charge is 0.488 e. The summed E-state index contributed by atoms with van der Waals surface area (Å²) in [5.41, 5.74) is 0.809. The first kappa shape index (κ1) is 13.3. The third kappa shape index (κ3) is 1.94. The fourth-order valence-electron chi connectivity index (χ4n) is 2.64. The normalized spacial score (nSPS) is 21.2. The summed E-state index contributed by atoms with van der Waals surface area (Å²) in [4.78, 5) is 0. The van der Waals surface area contributed by atoms with Gasteiger partial charge in [-0.3, -0.25) is 0 Å². The Morgan fingerprint density at radius 1 is 1.20 bits per heavy atom. The second-order valence-electron chi connectivity index (χ2n) is 4.94. The summed E-state index contributed by atoms with van der Waals surface area (Å²) >= 11 is 5.93. The van der Waals surface area contributed by atoms with E-state index < -0.39 is 5.54 Å². The third-order valence-corrected chi connectivity index (χ3v) is 4.16. The molecule has 3 nitrogen and oxygen atoms in total. The predicted molar refractivity (Wildman–Crippen MR) is 78.5 cm³/mol. The molecule has 0 N–H and O–H groups in total. The van der Waals surface area contributed by atoms with Crippen LogP contribution in [0.3, 0.4) is 0 Å². The number of hydrogen-bond acceptors (Lipinski definition) is 2. The molecule has 103 valence electrons. The Labute approximate surface area is 123 Å². The summed E-state index contributed by atoms with van der Waals surface area (Å²) in [7, 11) is 0. The molecule has 1 unspecified atom stereocenters. The third-order valence-electron chi connectivity index (χ3n) is 3.91. The maximum absolute atomic E-state index is 12.9. The zero-order chi connectivity index (χ0) is 14.2. The molecule has 0 aliphatic carbocycles. The lowest BCUT2D eigenvalue weighted by atomic mass is 9.86. The maximum atomic E-state index is 12.9. The highest BCUT2D eigenvalue weighted by Gasteiger charge is 2.43. The van der Waals surface area contributed by atoms with E-state index >= 15 is 0 Å². The van der Waals surface area contributed by atoms with E-state index in [2.05, 4.69) is 0 Å². The monoisotopic (exact) mass is 288 g/mol. The Kier molecular flexibility index (Phi) is 3.32. The summed E-state index contributed by atoms with van der Waals surface area (Å²) in [6, 6.07) is 14.7. The summed E-state index contributed by atoms with van der Waals surface area (Å²) in [6.45, 7) is 2.34. The van der Waals surface area contributed by atoms with Crippen LogP contribution in [0.2, 0.25) is 5.02 Å². The molecule has 0 saturated heterocycles. The van der Waals surface area contributed by atoms with Gasteiger partial charge in [0.2, 0.25) is 0 Å². The second-order valence-corrected chi connectivity index (χ2v) is 5.38. The molecule has 3 rings (SSSR count). The van der Waals surface area contributed by atoms with Gasteiger partial charge >= 0.3 is 0 Å². The quantitative estimate of drug-likeness (QED) is 0.830. The SMILES string of the molecule is CCC1(c2ccc(Cl)cc2)COc2ccccc2N1[O]. The van der Waals surface area contributed by atoms with Gasteiger partial charge in [-0.15, -0.1) is 0 Å². The van der Waals surface area contributed by atoms with Gasteiger partial charge in [-0.05, 0) is 36.2 Å². The minimum Gasteiger partial charge on any atom is -0.488 e. The molecule has 1 radical (unpaired) electrons. The Bertz CT molecular complexity index is 614. The highest BCUT2D eigenvalue weighted by atomic mass is 35.5. The van der Waals surface area contributed by atoms with E-state index in [1.165, 1.54) is 0 Å². The first-order valence-electron chi connectivity index (χ1n) is 6.62. The number of para-hydroxylation sites is 2. The average molecular weight is 289 g/mol. The summed E-state index contributed by atoms with van der Waals surface area (Å²) in [6.07, 6.45) is 0.659. The van der Waals surface area contributed by atoms with Gasteiger partial charge in [0.1, 0.15) is 23.6 Å². The molecule has 0 aromatic heterocycles. The van der Waals surface area contributed by atoms with Gasteiger partial charge in [0.05, 0.1) is 0 Å². The molecule has 2 aromatic carbocycles. The number of halogens is 1. The summed E-state index contributed by atoms with van der Waals surface area (Å²) in [5, 5.41) is 14.6. The van der Waals surface area contributed by atoms with Crippen LogP contribution in [0.1, 0.15) is 18.9 Å². The molecular weight excluding hydrogens is 274 g/mol. The number of ether oxygens (including phenoxy) is 1. The lowest BCUT2D eigenvalue weighted by molar-refractivity contribution is 0.0279. The molecule has 20 heavy (non-hydrogen) atoms. The lowest BCUT2D eigenvalue weighted by Gasteiger charge is -2.43. The number of anilines is 1. The fourth-order valence-corrected chi connectivity index (χ4v) is 2.77. The van der Waals surface area contributed by atoms with E-state index in [-0.39, 0.29) is 0 Å². The van der Waals surface area contributed by atoms with Crippen LogP contribution in [0.5, 0.6) is 5.75 Å². The molecule has 0 amide bonds. The molecular formula is C16H15ClNO2. The van der Waals surface area contributed by atoms with Gasteiger partial charge in [-0.2, -0.15) is 0 Å². The zero-order valence-electron chi connectivity index (χ0n) is 11.2. The molecule has 0 fully saturated rings. The fraction of sp³-hybridized carbons (Fsp3) is 0.250. The lowest BCUT2D eigenvalue weighted by Crippen LogP contribution is -2.50. The van der Waals surface area contributed by atoms with Crippen molar-refractivity contribution in [3.05, 3.63) is 59.1 Å². The summed E-state index contributed by atoms with van der Waals surface area (Å²) in [5.74, 6) is 0.639. The van der Waals surface area contributed by atoms with Crippen molar-refractivity contribution in [2.75, 3.05) is 11.7 Å². The van der Waals surface area contributed by atoms with Crippen molar-refractivity contribution in [2.24, 2.45) is 0 Å². The molecule has 0 bridgehead atoms. The molecule has 1 aliphatic heterocycles. The summed E-state index contributed by atoms with van der Waals surface area (Å²) < 4.78 is 5.81. The van der Waals surface area contributed by atoms with E-state index in [0.29, 0.717) is 29.5 Å². The van der Waals surface area contributed by atoms with Crippen molar-refractivity contribution in [2.45, 2.75) is 18.9 Å². The van der Waals surface area contributed by atoms with Crippen molar-refractivity contribution in [3.63, 3.8) is 0 Å². The van der Waals surface area contributed by atoms with E-state index in [1.807, 2.05) is 49.4 Å². The first-order valence-corrected chi connectivity index (χ1v) is 7.00. The Morgan fingerprint density at radius 2 is 1.90 bits per heavy atom. The second kappa shape index (κ2) is 5.00. The number of benzene rings is 2. The van der Waals surface area contributed by atoms with E-state index in [9.17, 15) is 5.21 Å². The molecule has 1 atom stereocenters. The van der Waals surface area contributed by atoms with Crippen LogP contribution in [0.4, 0.5) is 5.69 Å². The number of hydroxylamine groups is 1. The standard InChI is InChI=1S/C16H15ClNO2/c1-2-16(12-7-9-13(17)10-8-12)11-20-15-6-4-3-5-14(15)18(16)19/h3-10H,2,11H2,1H3. The molecule has 0 spiro atoms. The Morgan fingerprint density at radius 3 is 2.60 bits per heavy atom. The minimum absolute atomic E-state index is 0.339. The molecule has 2 aromatic rings. The minimum atomic E-state index is -0.695. The Balaban J connectivity index is 2.08. The molecule has 4 heteroatoms. The van der Waals surface area contributed by atoms with Gasteiger partial charge in [-0.25, -0.2) is 5.06 Å². The first-order chi connectivity index (χ1) is 9.67. The zero-order valence-corrected chi connectivity index (χ0v) is 11.9. The van der Waals surface area contributed by atoms with Crippen LogP contribution in [-0.4, -0.2) is 6.61 Å². The van der Waals surface area contributed by atoms with Crippen molar-refractivity contribution in [3.8, 4) is 5.75 Å². The van der Waals surface area contributed by atoms with E-state index in [4.69, 9.17) is 16.3 Å². The smallest absolute Gasteiger partial charge is 0.145 e. The van der Waals surface area contributed by atoms with Gasteiger partial charge in [0.25, 0.3) is 0 Å². The molecule has 0 saturated carbocycles. The van der Waals surface area contributed by atoms with Gasteiger partial charge in [-0.1, -0.05) is 48.0 Å². The topological polar surface area (TPSA) is 32.4 Å². The average Bonchev–Trinajstić information content (AvgIpc) is 2.49.